The van der Waals surface area contributed by atoms with E-state index < -0.39 is 5.54 Å². The lowest BCUT2D eigenvalue weighted by molar-refractivity contribution is 0.0920. The van der Waals surface area contributed by atoms with E-state index in [1.54, 1.807) is 0 Å². The van der Waals surface area contributed by atoms with E-state index in [2.05, 4.69) is 5.32 Å². The second-order valence-corrected chi connectivity index (χ2v) is 5.35. The highest BCUT2D eigenvalue weighted by Crippen LogP contribution is 2.17. The normalized spacial score (nSPS) is 11.2. The Balaban J connectivity index is 3.00. The number of hydrogen-bond acceptors (Lipinski definition) is 2. The van der Waals surface area contributed by atoms with Crippen LogP contribution in [0.3, 0.4) is 0 Å². The van der Waals surface area contributed by atoms with Gasteiger partial charge in [0.05, 0.1) is 10.5 Å². The highest BCUT2D eigenvalue weighted by Gasteiger charge is 2.31. The van der Waals surface area contributed by atoms with Gasteiger partial charge in [0, 0.05) is 5.56 Å². The predicted octanol–water partition coefficient (Wildman–Crippen LogP) is 2.88. The fourth-order valence-electron chi connectivity index (χ4n) is 2.01. The number of carbonyl (C=O) groups is 1. The van der Waals surface area contributed by atoms with E-state index in [1.165, 1.54) is 5.56 Å². The van der Waals surface area contributed by atoms with Crippen LogP contribution in [0.15, 0.2) is 18.2 Å². The van der Waals surface area contributed by atoms with E-state index in [-0.39, 0.29) is 5.91 Å². The largest absolute Gasteiger partial charge is 0.391 e. The molecule has 0 saturated heterocycles. The van der Waals surface area contributed by atoms with E-state index in [4.69, 9.17) is 18.0 Å². The first kappa shape index (κ1) is 15.6. The van der Waals surface area contributed by atoms with Crippen LogP contribution < -0.4 is 11.1 Å². The van der Waals surface area contributed by atoms with Gasteiger partial charge in [0.1, 0.15) is 0 Å². The molecule has 0 aliphatic heterocycles. The Kier molecular flexibility index (Phi) is 5.06. The van der Waals surface area contributed by atoms with Gasteiger partial charge >= 0.3 is 0 Å². The highest BCUT2D eigenvalue weighted by molar-refractivity contribution is 7.80. The maximum Gasteiger partial charge on any atom is 0.252 e. The standard InChI is InChI=1S/C15H22N2OS/c1-5-15(6-2,14(16)19)17-13(18)12-8-7-10(3)11(4)9-12/h7-9H,5-6H2,1-4H3,(H2,16,19)(H,17,18). The van der Waals surface area contributed by atoms with Crippen LogP contribution in [0.4, 0.5) is 0 Å². The summed E-state index contributed by atoms with van der Waals surface area (Å²) in [4.78, 5) is 12.7. The summed E-state index contributed by atoms with van der Waals surface area (Å²) >= 11 is 5.11. The smallest absolute Gasteiger partial charge is 0.252 e. The highest BCUT2D eigenvalue weighted by atomic mass is 32.1. The SMILES string of the molecule is CCC(CC)(NC(=O)c1ccc(C)c(C)c1)C(N)=S. The minimum atomic E-state index is -0.592. The molecule has 0 saturated carbocycles. The first-order chi connectivity index (χ1) is 8.86. The molecule has 0 aliphatic rings. The van der Waals surface area contributed by atoms with Gasteiger partial charge in [-0.2, -0.15) is 0 Å². The minimum Gasteiger partial charge on any atom is -0.391 e. The van der Waals surface area contributed by atoms with Crippen molar-refractivity contribution in [3.63, 3.8) is 0 Å². The van der Waals surface area contributed by atoms with Crippen molar-refractivity contribution in [3.8, 4) is 0 Å². The zero-order valence-electron chi connectivity index (χ0n) is 12.0. The maximum atomic E-state index is 12.3. The molecule has 0 atom stereocenters. The Morgan fingerprint density at radius 1 is 1.26 bits per heavy atom. The maximum absolute atomic E-state index is 12.3. The Hall–Kier alpha value is -1.42. The minimum absolute atomic E-state index is 0.125. The molecule has 0 aromatic heterocycles. The third-order valence-corrected chi connectivity index (χ3v) is 4.19. The lowest BCUT2D eigenvalue weighted by Crippen LogP contribution is -2.55. The van der Waals surface area contributed by atoms with E-state index in [0.29, 0.717) is 23.4 Å². The molecule has 0 heterocycles. The summed E-state index contributed by atoms with van der Waals surface area (Å²) in [6.07, 6.45) is 1.38. The summed E-state index contributed by atoms with van der Waals surface area (Å²) in [5.74, 6) is -0.125. The predicted molar refractivity (Wildman–Crippen MR) is 83.5 cm³/mol. The first-order valence-corrected chi connectivity index (χ1v) is 6.96. The summed E-state index contributed by atoms with van der Waals surface area (Å²) in [5.41, 5.74) is 8.11. The van der Waals surface area contributed by atoms with Crippen LogP contribution in [0.2, 0.25) is 0 Å². The molecule has 0 spiro atoms. The number of amides is 1. The van der Waals surface area contributed by atoms with Gasteiger partial charge in [0.2, 0.25) is 0 Å². The molecule has 0 fully saturated rings. The van der Waals surface area contributed by atoms with Gasteiger partial charge in [-0.25, -0.2) is 0 Å². The number of nitrogens with one attached hydrogen (secondary N) is 1. The van der Waals surface area contributed by atoms with Crippen molar-refractivity contribution in [2.24, 2.45) is 5.73 Å². The third-order valence-electron chi connectivity index (χ3n) is 3.80. The molecule has 4 heteroatoms. The average Bonchev–Trinajstić information content (AvgIpc) is 2.38. The van der Waals surface area contributed by atoms with Crippen LogP contribution in [0, 0.1) is 13.8 Å². The molecule has 3 N–H and O–H groups in total. The Morgan fingerprint density at radius 3 is 2.26 bits per heavy atom. The van der Waals surface area contributed by atoms with Gasteiger partial charge in [-0.05, 0) is 49.9 Å². The number of thiocarbonyl (C=S) groups is 1. The Bertz CT molecular complexity index is 493. The van der Waals surface area contributed by atoms with Crippen LogP contribution in [-0.2, 0) is 0 Å². The van der Waals surface area contributed by atoms with Gasteiger partial charge in [-0.15, -0.1) is 0 Å². The lowest BCUT2D eigenvalue weighted by atomic mass is 9.92. The second kappa shape index (κ2) is 6.15. The zero-order valence-corrected chi connectivity index (χ0v) is 12.9. The van der Waals surface area contributed by atoms with E-state index in [0.717, 1.165) is 5.56 Å². The number of aryl methyl sites for hydroxylation is 2. The number of rotatable bonds is 5. The monoisotopic (exact) mass is 278 g/mol. The molecule has 0 aliphatic carbocycles. The molecule has 1 aromatic carbocycles. The van der Waals surface area contributed by atoms with E-state index in [1.807, 2.05) is 45.9 Å². The van der Waals surface area contributed by atoms with Gasteiger partial charge in [-0.1, -0.05) is 32.1 Å². The van der Waals surface area contributed by atoms with Gasteiger partial charge in [0.25, 0.3) is 5.91 Å². The summed E-state index contributed by atoms with van der Waals surface area (Å²) in [7, 11) is 0. The molecule has 0 bridgehead atoms. The second-order valence-electron chi connectivity index (χ2n) is 4.91. The first-order valence-electron chi connectivity index (χ1n) is 6.56. The quantitative estimate of drug-likeness (QED) is 0.814. The van der Waals surface area contributed by atoms with Crippen molar-refractivity contribution in [3.05, 3.63) is 34.9 Å². The molecule has 19 heavy (non-hydrogen) atoms. The molecule has 0 radical (unpaired) electrons. The number of benzene rings is 1. The fourth-order valence-corrected chi connectivity index (χ4v) is 2.35. The Morgan fingerprint density at radius 2 is 1.84 bits per heavy atom. The Labute approximate surface area is 120 Å². The topological polar surface area (TPSA) is 55.1 Å². The number of carbonyl (C=O) groups excluding carboxylic acids is 1. The summed E-state index contributed by atoms with van der Waals surface area (Å²) in [6.45, 7) is 7.97. The van der Waals surface area contributed by atoms with Gasteiger partial charge in [0.15, 0.2) is 0 Å². The van der Waals surface area contributed by atoms with Crippen molar-refractivity contribution < 1.29 is 4.79 Å². The van der Waals surface area contributed by atoms with E-state index >= 15 is 0 Å². The summed E-state index contributed by atoms with van der Waals surface area (Å²) in [6, 6.07) is 5.66. The van der Waals surface area contributed by atoms with Crippen molar-refractivity contribution >= 4 is 23.1 Å². The average molecular weight is 278 g/mol. The molecule has 1 amide bonds. The van der Waals surface area contributed by atoms with E-state index in [9.17, 15) is 4.79 Å². The summed E-state index contributed by atoms with van der Waals surface area (Å²) in [5, 5.41) is 2.99. The molecular formula is C15H22N2OS. The number of hydrogen-bond donors (Lipinski definition) is 2. The third kappa shape index (κ3) is 3.32. The van der Waals surface area contributed by atoms with Gasteiger partial charge in [-0.3, -0.25) is 4.79 Å². The molecule has 1 rings (SSSR count). The van der Waals surface area contributed by atoms with Crippen LogP contribution in [0.1, 0.15) is 48.2 Å². The van der Waals surface area contributed by atoms with Gasteiger partial charge < -0.3 is 11.1 Å². The van der Waals surface area contributed by atoms with Crippen molar-refractivity contribution in [2.45, 2.75) is 46.1 Å². The van der Waals surface area contributed by atoms with Crippen LogP contribution in [0.25, 0.3) is 0 Å². The molecule has 104 valence electrons. The lowest BCUT2D eigenvalue weighted by Gasteiger charge is -2.31. The fraction of sp³-hybridized carbons (Fsp3) is 0.467. The van der Waals surface area contributed by atoms with Crippen LogP contribution in [-0.4, -0.2) is 16.4 Å². The van der Waals surface area contributed by atoms with Crippen LogP contribution in [0.5, 0.6) is 0 Å². The van der Waals surface area contributed by atoms with Crippen LogP contribution >= 0.6 is 12.2 Å². The zero-order chi connectivity index (χ0) is 14.6. The molecule has 0 unspecified atom stereocenters. The molecule has 1 aromatic rings. The number of nitrogens with two attached hydrogens (primary N) is 1. The summed E-state index contributed by atoms with van der Waals surface area (Å²) < 4.78 is 0. The van der Waals surface area contributed by atoms with Crippen molar-refractivity contribution in [1.29, 1.82) is 0 Å². The molecule has 3 nitrogen and oxygen atoms in total. The molecular weight excluding hydrogens is 256 g/mol. The van der Waals surface area contributed by atoms with Crippen molar-refractivity contribution in [1.82, 2.24) is 5.32 Å². The van der Waals surface area contributed by atoms with Crippen molar-refractivity contribution in [2.75, 3.05) is 0 Å².